The summed E-state index contributed by atoms with van der Waals surface area (Å²) < 4.78 is 11.2. The van der Waals surface area contributed by atoms with Crippen LogP contribution in [-0.2, 0) is 0 Å². The first-order chi connectivity index (χ1) is 15.0. The Balaban J connectivity index is 1.65. The fourth-order valence-electron chi connectivity index (χ4n) is 3.39. The topological polar surface area (TPSA) is 64.4 Å². The Bertz CT molecular complexity index is 1250. The molecule has 4 aromatic rings. The van der Waals surface area contributed by atoms with Crippen molar-refractivity contribution in [3.05, 3.63) is 76.8 Å². The third kappa shape index (κ3) is 4.28. The zero-order valence-electron chi connectivity index (χ0n) is 17.6. The van der Waals surface area contributed by atoms with Gasteiger partial charge in [-0.1, -0.05) is 43.6 Å². The fraction of sp³-hybridized carbons (Fsp3) is 0.200. The van der Waals surface area contributed by atoms with Gasteiger partial charge in [0.05, 0.1) is 23.4 Å². The molecule has 1 amide bonds. The van der Waals surface area contributed by atoms with Gasteiger partial charge in [-0.3, -0.25) is 4.79 Å². The van der Waals surface area contributed by atoms with E-state index in [1.54, 1.807) is 30.3 Å². The van der Waals surface area contributed by atoms with Gasteiger partial charge in [0.1, 0.15) is 11.3 Å². The number of hydrogen-bond acceptors (Lipinski definition) is 4. The van der Waals surface area contributed by atoms with Crippen molar-refractivity contribution < 1.29 is 13.9 Å². The third-order valence-electron chi connectivity index (χ3n) is 5.41. The SMILES string of the molecule is CC[C@@H](C)c1ccc2oc(-c3ccc(Cl)c(NC(=O)c4ccccc4OC)c3)nc2c1. The van der Waals surface area contributed by atoms with E-state index in [1.807, 2.05) is 18.2 Å². The second-order valence-corrected chi connectivity index (χ2v) is 7.81. The predicted molar refractivity (Wildman–Crippen MR) is 124 cm³/mol. The van der Waals surface area contributed by atoms with E-state index in [0.29, 0.717) is 33.8 Å². The molecule has 1 aromatic heterocycles. The second kappa shape index (κ2) is 8.82. The van der Waals surface area contributed by atoms with E-state index in [-0.39, 0.29) is 5.91 Å². The van der Waals surface area contributed by atoms with Gasteiger partial charge in [-0.2, -0.15) is 0 Å². The molecule has 0 saturated heterocycles. The van der Waals surface area contributed by atoms with Gasteiger partial charge in [-0.25, -0.2) is 4.98 Å². The van der Waals surface area contributed by atoms with Crippen molar-refractivity contribution >= 4 is 34.3 Å². The summed E-state index contributed by atoms with van der Waals surface area (Å²) in [5.41, 5.74) is 4.37. The number of nitrogens with one attached hydrogen (secondary N) is 1. The maximum Gasteiger partial charge on any atom is 0.259 e. The third-order valence-corrected chi connectivity index (χ3v) is 5.74. The molecule has 158 valence electrons. The number of nitrogens with zero attached hydrogens (tertiary/aromatic N) is 1. The highest BCUT2D eigenvalue weighted by molar-refractivity contribution is 6.34. The van der Waals surface area contributed by atoms with E-state index in [4.69, 9.17) is 20.8 Å². The molecule has 4 rings (SSSR count). The van der Waals surface area contributed by atoms with Crippen LogP contribution in [0.15, 0.2) is 65.1 Å². The van der Waals surface area contributed by atoms with Crippen LogP contribution in [0.3, 0.4) is 0 Å². The summed E-state index contributed by atoms with van der Waals surface area (Å²) in [7, 11) is 1.53. The van der Waals surface area contributed by atoms with Crippen molar-refractivity contribution in [3.63, 3.8) is 0 Å². The molecule has 0 saturated carbocycles. The number of amides is 1. The van der Waals surface area contributed by atoms with Gasteiger partial charge in [0.2, 0.25) is 5.89 Å². The van der Waals surface area contributed by atoms with E-state index < -0.39 is 0 Å². The van der Waals surface area contributed by atoms with Crippen molar-refractivity contribution in [1.29, 1.82) is 0 Å². The zero-order valence-corrected chi connectivity index (χ0v) is 18.4. The molecular weight excluding hydrogens is 412 g/mol. The van der Waals surface area contributed by atoms with Crippen LogP contribution >= 0.6 is 11.6 Å². The molecule has 3 aromatic carbocycles. The lowest BCUT2D eigenvalue weighted by Gasteiger charge is -2.11. The van der Waals surface area contributed by atoms with Crippen molar-refractivity contribution in [2.45, 2.75) is 26.2 Å². The van der Waals surface area contributed by atoms with Gasteiger partial charge in [0.15, 0.2) is 5.58 Å². The van der Waals surface area contributed by atoms with Gasteiger partial charge in [-0.05, 0) is 60.4 Å². The summed E-state index contributed by atoms with van der Waals surface area (Å²) in [5, 5.41) is 3.28. The Morgan fingerprint density at radius 3 is 2.74 bits per heavy atom. The maximum atomic E-state index is 12.8. The number of ether oxygens (including phenoxy) is 1. The van der Waals surface area contributed by atoms with Crippen molar-refractivity contribution in [2.24, 2.45) is 0 Å². The van der Waals surface area contributed by atoms with Crippen LogP contribution < -0.4 is 10.1 Å². The summed E-state index contributed by atoms with van der Waals surface area (Å²) >= 11 is 6.34. The summed E-state index contributed by atoms with van der Waals surface area (Å²) in [6.07, 6.45) is 1.06. The molecule has 1 atom stereocenters. The Morgan fingerprint density at radius 1 is 1.16 bits per heavy atom. The Kier molecular flexibility index (Phi) is 5.96. The number of halogens is 1. The molecule has 5 nitrogen and oxygen atoms in total. The summed E-state index contributed by atoms with van der Waals surface area (Å²) in [5.74, 6) is 1.10. The minimum atomic E-state index is -0.313. The molecule has 6 heteroatoms. The number of hydrogen-bond donors (Lipinski definition) is 1. The lowest BCUT2D eigenvalue weighted by atomic mass is 9.98. The van der Waals surface area contributed by atoms with Crippen LogP contribution in [-0.4, -0.2) is 18.0 Å². The van der Waals surface area contributed by atoms with Gasteiger partial charge in [0, 0.05) is 5.56 Å². The molecule has 1 heterocycles. The van der Waals surface area contributed by atoms with E-state index in [1.165, 1.54) is 12.7 Å². The van der Waals surface area contributed by atoms with Crippen LogP contribution in [0.2, 0.25) is 5.02 Å². The monoisotopic (exact) mass is 434 g/mol. The summed E-state index contributed by atoms with van der Waals surface area (Å²) in [6.45, 7) is 4.36. The number of benzene rings is 3. The van der Waals surface area contributed by atoms with E-state index >= 15 is 0 Å². The fourth-order valence-corrected chi connectivity index (χ4v) is 3.55. The quantitative estimate of drug-likeness (QED) is 0.357. The predicted octanol–water partition coefficient (Wildman–Crippen LogP) is 6.92. The largest absolute Gasteiger partial charge is 0.496 e. The molecule has 0 aliphatic rings. The van der Waals surface area contributed by atoms with Crippen LogP contribution in [0.4, 0.5) is 5.69 Å². The van der Waals surface area contributed by atoms with Gasteiger partial charge in [-0.15, -0.1) is 0 Å². The highest BCUT2D eigenvalue weighted by atomic mass is 35.5. The van der Waals surface area contributed by atoms with E-state index in [2.05, 4.69) is 36.3 Å². The number of anilines is 1. The highest BCUT2D eigenvalue weighted by Gasteiger charge is 2.16. The molecule has 31 heavy (non-hydrogen) atoms. The number of oxazole rings is 1. The van der Waals surface area contributed by atoms with Crippen molar-refractivity contribution in [1.82, 2.24) is 4.98 Å². The molecule has 0 radical (unpaired) electrons. The molecule has 0 fully saturated rings. The molecule has 0 spiro atoms. The van der Waals surface area contributed by atoms with Crippen molar-refractivity contribution in [3.8, 4) is 17.2 Å². The van der Waals surface area contributed by atoms with Gasteiger partial charge >= 0.3 is 0 Å². The summed E-state index contributed by atoms with van der Waals surface area (Å²) in [4.78, 5) is 17.4. The van der Waals surface area contributed by atoms with Crippen LogP contribution in [0.1, 0.15) is 42.1 Å². The molecule has 0 bridgehead atoms. The maximum absolute atomic E-state index is 12.8. The molecular formula is C25H23ClN2O3. The van der Waals surface area contributed by atoms with Crippen LogP contribution in [0, 0.1) is 0 Å². The average molecular weight is 435 g/mol. The minimum Gasteiger partial charge on any atom is -0.496 e. The van der Waals surface area contributed by atoms with Crippen LogP contribution in [0.25, 0.3) is 22.6 Å². The molecule has 0 aliphatic heterocycles. The van der Waals surface area contributed by atoms with Gasteiger partial charge in [0.25, 0.3) is 5.91 Å². The second-order valence-electron chi connectivity index (χ2n) is 7.40. The number of para-hydroxylation sites is 1. The zero-order chi connectivity index (χ0) is 22.0. The van der Waals surface area contributed by atoms with E-state index in [0.717, 1.165) is 23.1 Å². The number of rotatable bonds is 6. The number of fused-ring (bicyclic) bond motifs is 1. The van der Waals surface area contributed by atoms with Crippen molar-refractivity contribution in [2.75, 3.05) is 12.4 Å². The Labute approximate surface area is 186 Å². The van der Waals surface area contributed by atoms with Crippen LogP contribution in [0.5, 0.6) is 5.75 Å². The highest BCUT2D eigenvalue weighted by Crippen LogP contribution is 2.32. The number of carbonyl (C=O) groups excluding carboxylic acids is 1. The number of carbonyl (C=O) groups is 1. The smallest absolute Gasteiger partial charge is 0.259 e. The number of aromatic nitrogens is 1. The van der Waals surface area contributed by atoms with E-state index in [9.17, 15) is 4.79 Å². The first-order valence-electron chi connectivity index (χ1n) is 10.1. The number of methoxy groups -OCH3 is 1. The lowest BCUT2D eigenvalue weighted by Crippen LogP contribution is -2.13. The van der Waals surface area contributed by atoms with Gasteiger partial charge < -0.3 is 14.5 Å². The Hall–Kier alpha value is -3.31. The average Bonchev–Trinajstić information content (AvgIpc) is 3.23. The summed E-state index contributed by atoms with van der Waals surface area (Å²) in [6, 6.07) is 18.4. The first kappa shape index (κ1) is 20.9. The minimum absolute atomic E-state index is 0.313. The standard InChI is InChI=1S/C25H23ClN2O3/c1-4-15(2)16-10-12-23-21(13-16)28-25(31-23)17-9-11-19(26)20(14-17)27-24(29)18-7-5-6-8-22(18)30-3/h5-15H,4H2,1-3H3,(H,27,29)/t15-/m1/s1. The first-order valence-corrected chi connectivity index (χ1v) is 10.5. The molecule has 0 unspecified atom stereocenters. The lowest BCUT2D eigenvalue weighted by molar-refractivity contribution is 0.102. The Morgan fingerprint density at radius 2 is 1.97 bits per heavy atom. The molecule has 0 aliphatic carbocycles. The molecule has 1 N–H and O–H groups in total. The normalized spacial score (nSPS) is 12.0.